The highest BCUT2D eigenvalue weighted by atomic mass is 14.4. The van der Waals surface area contributed by atoms with Gasteiger partial charge in [-0.2, -0.15) is 10.5 Å². The number of hydrogen-bond acceptors (Lipinski definition) is 2. The minimum absolute atomic E-state index is 0.401. The van der Waals surface area contributed by atoms with Crippen molar-refractivity contribution in [3.8, 4) is 12.1 Å². The lowest BCUT2D eigenvalue weighted by molar-refractivity contribution is 0.330. The van der Waals surface area contributed by atoms with Crippen LogP contribution >= 0.6 is 0 Å². The summed E-state index contributed by atoms with van der Waals surface area (Å²) in [6.45, 7) is 8.18. The van der Waals surface area contributed by atoms with Gasteiger partial charge in [0.15, 0.2) is 0 Å². The summed E-state index contributed by atoms with van der Waals surface area (Å²) in [7, 11) is 0. The summed E-state index contributed by atoms with van der Waals surface area (Å²) >= 11 is 0. The average Bonchev–Trinajstić information content (AvgIpc) is 2.01. The molecule has 0 saturated heterocycles. The molecule has 0 heterocycles. The van der Waals surface area contributed by atoms with Crippen molar-refractivity contribution in [3.63, 3.8) is 0 Å². The molecule has 0 radical (unpaired) electrons. The average molecular weight is 178 g/mol. The van der Waals surface area contributed by atoms with E-state index in [4.69, 9.17) is 10.5 Å². The first-order valence-corrected chi connectivity index (χ1v) is 4.78. The topological polar surface area (TPSA) is 47.6 Å². The van der Waals surface area contributed by atoms with Crippen LogP contribution in [-0.4, -0.2) is 0 Å². The lowest BCUT2D eigenvalue weighted by Gasteiger charge is -2.22. The van der Waals surface area contributed by atoms with Gasteiger partial charge in [-0.3, -0.25) is 0 Å². The van der Waals surface area contributed by atoms with Crippen LogP contribution in [0.2, 0.25) is 0 Å². The van der Waals surface area contributed by atoms with E-state index >= 15 is 0 Å². The van der Waals surface area contributed by atoms with E-state index in [1.807, 2.05) is 27.7 Å². The Kier molecular flexibility index (Phi) is 4.49. The zero-order chi connectivity index (χ0) is 10.5. The number of nitrogens with zero attached hydrogens (tertiary/aromatic N) is 2. The van der Waals surface area contributed by atoms with Crippen LogP contribution in [0, 0.1) is 39.9 Å². The van der Waals surface area contributed by atoms with Crippen molar-refractivity contribution >= 4 is 0 Å². The Bertz CT molecular complexity index is 201. The summed E-state index contributed by atoms with van der Waals surface area (Å²) in [6, 6.07) is 4.33. The van der Waals surface area contributed by atoms with E-state index in [0.717, 1.165) is 0 Å². The van der Waals surface area contributed by atoms with Crippen LogP contribution in [0.25, 0.3) is 0 Å². The molecule has 0 rings (SSSR count). The molecule has 2 nitrogen and oxygen atoms in total. The quantitative estimate of drug-likeness (QED) is 0.664. The molecule has 0 aromatic rings. The number of nitriles is 2. The van der Waals surface area contributed by atoms with Gasteiger partial charge in [-0.15, -0.1) is 0 Å². The molecule has 0 aliphatic heterocycles. The lowest BCUT2D eigenvalue weighted by atomic mass is 9.77. The van der Waals surface area contributed by atoms with Crippen LogP contribution in [-0.2, 0) is 0 Å². The SMILES string of the molecule is CC(C)CC(C#N)(C#N)CC(C)C. The van der Waals surface area contributed by atoms with Crippen molar-refractivity contribution < 1.29 is 0 Å². The van der Waals surface area contributed by atoms with Crippen LogP contribution in [0.3, 0.4) is 0 Å². The van der Waals surface area contributed by atoms with Gasteiger partial charge in [0.05, 0.1) is 12.1 Å². The molecule has 72 valence electrons. The van der Waals surface area contributed by atoms with E-state index in [0.29, 0.717) is 24.7 Å². The second-order valence-electron chi connectivity index (χ2n) is 4.50. The molecule has 0 spiro atoms. The van der Waals surface area contributed by atoms with Gasteiger partial charge in [-0.25, -0.2) is 0 Å². The Morgan fingerprint density at radius 3 is 1.38 bits per heavy atom. The normalized spacial score (nSPS) is 11.4. The first-order chi connectivity index (χ1) is 5.95. The maximum Gasteiger partial charge on any atom is 0.144 e. The Morgan fingerprint density at radius 2 is 1.23 bits per heavy atom. The maximum absolute atomic E-state index is 9.00. The molecule has 2 heteroatoms. The van der Waals surface area contributed by atoms with E-state index in [1.54, 1.807) is 0 Å². The fourth-order valence-electron chi connectivity index (χ4n) is 1.68. The van der Waals surface area contributed by atoms with Crippen LogP contribution in [0.4, 0.5) is 0 Å². The van der Waals surface area contributed by atoms with Crippen molar-refractivity contribution in [1.29, 1.82) is 10.5 Å². The van der Waals surface area contributed by atoms with Gasteiger partial charge in [0, 0.05) is 0 Å². The van der Waals surface area contributed by atoms with Gasteiger partial charge in [0.1, 0.15) is 5.41 Å². The molecule has 0 fully saturated rings. The van der Waals surface area contributed by atoms with Crippen LogP contribution in [0.5, 0.6) is 0 Å². The summed E-state index contributed by atoms with van der Waals surface area (Å²) in [4.78, 5) is 0. The number of hydrogen-bond donors (Lipinski definition) is 0. The monoisotopic (exact) mass is 178 g/mol. The molecule has 0 aliphatic carbocycles. The smallest absolute Gasteiger partial charge is 0.144 e. The van der Waals surface area contributed by atoms with Crippen molar-refractivity contribution in [2.75, 3.05) is 0 Å². The number of rotatable bonds is 4. The molecule has 0 saturated carbocycles. The molecule has 0 aliphatic rings. The van der Waals surface area contributed by atoms with E-state index < -0.39 is 5.41 Å². The van der Waals surface area contributed by atoms with Crippen LogP contribution in [0.1, 0.15) is 40.5 Å². The zero-order valence-electron chi connectivity index (χ0n) is 8.96. The van der Waals surface area contributed by atoms with Crippen molar-refractivity contribution in [2.24, 2.45) is 17.3 Å². The molecule has 0 aromatic heterocycles. The third kappa shape index (κ3) is 3.95. The van der Waals surface area contributed by atoms with E-state index in [9.17, 15) is 0 Å². The van der Waals surface area contributed by atoms with Gasteiger partial charge in [-0.1, -0.05) is 27.7 Å². The van der Waals surface area contributed by atoms with Crippen molar-refractivity contribution in [1.82, 2.24) is 0 Å². The first kappa shape index (κ1) is 12.0. The summed E-state index contributed by atoms with van der Waals surface area (Å²) in [5.74, 6) is 0.802. The Morgan fingerprint density at radius 1 is 0.923 bits per heavy atom. The molecule has 0 amide bonds. The molecule has 0 aromatic carbocycles. The molecular weight excluding hydrogens is 160 g/mol. The lowest BCUT2D eigenvalue weighted by Crippen LogP contribution is -2.21. The van der Waals surface area contributed by atoms with E-state index in [1.165, 1.54) is 0 Å². The predicted molar refractivity (Wildman–Crippen MR) is 52.6 cm³/mol. The Labute approximate surface area is 81.2 Å². The third-order valence-corrected chi connectivity index (χ3v) is 1.94. The van der Waals surface area contributed by atoms with Gasteiger partial charge in [0.2, 0.25) is 0 Å². The molecule has 0 bridgehead atoms. The molecule has 13 heavy (non-hydrogen) atoms. The van der Waals surface area contributed by atoms with Crippen LogP contribution < -0.4 is 0 Å². The van der Waals surface area contributed by atoms with Gasteiger partial charge in [0.25, 0.3) is 0 Å². The molecule has 0 unspecified atom stereocenters. The summed E-state index contributed by atoms with van der Waals surface area (Å²) in [5, 5.41) is 18.0. The summed E-state index contributed by atoms with van der Waals surface area (Å²) < 4.78 is 0. The van der Waals surface area contributed by atoms with Crippen molar-refractivity contribution in [3.05, 3.63) is 0 Å². The highest BCUT2D eigenvalue weighted by Crippen LogP contribution is 2.32. The van der Waals surface area contributed by atoms with Crippen molar-refractivity contribution in [2.45, 2.75) is 40.5 Å². The Balaban J connectivity index is 4.55. The molecular formula is C11H18N2. The highest BCUT2D eigenvalue weighted by molar-refractivity contribution is 5.13. The minimum Gasteiger partial charge on any atom is -0.197 e. The summed E-state index contributed by atoms with van der Waals surface area (Å²) in [6.07, 6.45) is 1.36. The minimum atomic E-state index is -0.762. The van der Waals surface area contributed by atoms with E-state index in [-0.39, 0.29) is 0 Å². The fourth-order valence-corrected chi connectivity index (χ4v) is 1.68. The molecule has 0 atom stereocenters. The summed E-state index contributed by atoms with van der Waals surface area (Å²) in [5.41, 5.74) is -0.762. The van der Waals surface area contributed by atoms with Gasteiger partial charge in [-0.05, 0) is 24.7 Å². The van der Waals surface area contributed by atoms with E-state index in [2.05, 4.69) is 12.1 Å². The van der Waals surface area contributed by atoms with Crippen LogP contribution in [0.15, 0.2) is 0 Å². The predicted octanol–water partition coefficient (Wildman–Crippen LogP) is 3.11. The van der Waals surface area contributed by atoms with Gasteiger partial charge >= 0.3 is 0 Å². The maximum atomic E-state index is 9.00. The fraction of sp³-hybridized carbons (Fsp3) is 0.818. The standard InChI is InChI=1S/C11H18N2/c1-9(2)5-11(7-12,8-13)6-10(3)4/h9-10H,5-6H2,1-4H3. The second-order valence-corrected chi connectivity index (χ2v) is 4.50. The zero-order valence-corrected chi connectivity index (χ0v) is 8.96. The Hall–Kier alpha value is -1.02. The third-order valence-electron chi connectivity index (χ3n) is 1.94. The largest absolute Gasteiger partial charge is 0.197 e. The highest BCUT2D eigenvalue weighted by Gasteiger charge is 2.31. The first-order valence-electron chi connectivity index (χ1n) is 4.78. The second kappa shape index (κ2) is 4.87. The molecule has 0 N–H and O–H groups in total. The van der Waals surface area contributed by atoms with Gasteiger partial charge < -0.3 is 0 Å².